The number of nitrogens with one attached hydrogen (secondary N) is 1. The fraction of sp³-hybridized carbons (Fsp3) is 0.333. The molecule has 0 aliphatic rings. The number of carbonyl (C=O) groups is 1. The van der Waals surface area contributed by atoms with Crippen molar-refractivity contribution in [3.05, 3.63) is 23.8 Å². The molecule has 0 unspecified atom stereocenters. The third-order valence-corrected chi connectivity index (χ3v) is 2.14. The minimum absolute atomic E-state index is 0.00216. The summed E-state index contributed by atoms with van der Waals surface area (Å²) in [6, 6.07) is 0. The molecule has 14 heavy (non-hydrogen) atoms. The normalized spacial score (nSPS) is 10.9. The molecule has 2 rings (SSSR count). The SMILES string of the molecule is CCc1cn2c(CC(=O)O)cnc2[nH]1. The van der Waals surface area contributed by atoms with Crippen LogP contribution in [0.5, 0.6) is 0 Å². The van der Waals surface area contributed by atoms with Crippen molar-refractivity contribution in [2.45, 2.75) is 19.8 Å². The number of fused-ring (bicyclic) bond motifs is 1. The minimum Gasteiger partial charge on any atom is -0.481 e. The van der Waals surface area contributed by atoms with Crippen molar-refractivity contribution in [1.82, 2.24) is 14.4 Å². The Bertz CT molecular complexity index is 469. The molecule has 0 aromatic carbocycles. The number of hydrogen-bond acceptors (Lipinski definition) is 2. The quantitative estimate of drug-likeness (QED) is 0.759. The van der Waals surface area contributed by atoms with E-state index in [0.717, 1.165) is 12.1 Å². The summed E-state index contributed by atoms with van der Waals surface area (Å²) in [6.45, 7) is 2.03. The Labute approximate surface area is 80.4 Å². The predicted octanol–water partition coefficient (Wildman–Crippen LogP) is 0.852. The molecule has 5 heteroatoms. The van der Waals surface area contributed by atoms with Crippen molar-refractivity contribution in [3.63, 3.8) is 0 Å². The van der Waals surface area contributed by atoms with Gasteiger partial charge in [-0.25, -0.2) is 4.98 Å². The highest BCUT2D eigenvalue weighted by Gasteiger charge is 2.09. The molecule has 2 N–H and O–H groups in total. The molecular formula is C9H11N3O2. The molecule has 0 saturated carbocycles. The van der Waals surface area contributed by atoms with Crippen LogP contribution in [-0.4, -0.2) is 25.4 Å². The number of rotatable bonds is 3. The number of aromatic amines is 1. The van der Waals surface area contributed by atoms with Gasteiger partial charge in [0, 0.05) is 11.9 Å². The van der Waals surface area contributed by atoms with Crippen molar-refractivity contribution in [2.24, 2.45) is 0 Å². The number of H-pyrrole nitrogens is 1. The highest BCUT2D eigenvalue weighted by atomic mass is 16.4. The lowest BCUT2D eigenvalue weighted by Crippen LogP contribution is -2.02. The van der Waals surface area contributed by atoms with Gasteiger partial charge in [-0.2, -0.15) is 0 Å². The summed E-state index contributed by atoms with van der Waals surface area (Å²) < 4.78 is 1.78. The maximum absolute atomic E-state index is 10.5. The van der Waals surface area contributed by atoms with E-state index >= 15 is 0 Å². The first-order valence-electron chi connectivity index (χ1n) is 4.46. The average molecular weight is 193 g/mol. The van der Waals surface area contributed by atoms with E-state index in [9.17, 15) is 4.79 Å². The van der Waals surface area contributed by atoms with E-state index in [0.29, 0.717) is 11.5 Å². The molecule has 0 spiro atoms. The van der Waals surface area contributed by atoms with E-state index in [-0.39, 0.29) is 6.42 Å². The lowest BCUT2D eigenvalue weighted by atomic mass is 10.3. The summed E-state index contributed by atoms with van der Waals surface area (Å²) in [7, 11) is 0. The van der Waals surface area contributed by atoms with Crippen LogP contribution in [0.4, 0.5) is 0 Å². The molecule has 0 fully saturated rings. The molecule has 0 atom stereocenters. The molecule has 2 aromatic rings. The van der Waals surface area contributed by atoms with E-state index in [1.807, 2.05) is 13.1 Å². The number of imidazole rings is 2. The van der Waals surface area contributed by atoms with Crippen molar-refractivity contribution in [3.8, 4) is 0 Å². The number of carboxylic acid groups (broad SMARTS) is 1. The molecule has 0 amide bonds. The first kappa shape index (κ1) is 8.80. The third-order valence-electron chi connectivity index (χ3n) is 2.14. The van der Waals surface area contributed by atoms with Gasteiger partial charge in [0.25, 0.3) is 0 Å². The highest BCUT2D eigenvalue weighted by Crippen LogP contribution is 2.08. The Morgan fingerprint density at radius 1 is 1.71 bits per heavy atom. The van der Waals surface area contributed by atoms with Gasteiger partial charge in [-0.1, -0.05) is 6.92 Å². The predicted molar refractivity (Wildman–Crippen MR) is 50.3 cm³/mol. The summed E-state index contributed by atoms with van der Waals surface area (Å²) >= 11 is 0. The van der Waals surface area contributed by atoms with Crippen LogP contribution in [0.3, 0.4) is 0 Å². The summed E-state index contributed by atoms with van der Waals surface area (Å²) in [6.07, 6.45) is 4.36. The van der Waals surface area contributed by atoms with E-state index < -0.39 is 5.97 Å². The van der Waals surface area contributed by atoms with Gasteiger partial charge in [0.1, 0.15) is 0 Å². The van der Waals surface area contributed by atoms with Gasteiger partial charge in [-0.3, -0.25) is 9.20 Å². The number of aliphatic carboxylic acids is 1. The van der Waals surface area contributed by atoms with Crippen molar-refractivity contribution >= 4 is 11.7 Å². The molecule has 0 bridgehead atoms. The number of carboxylic acids is 1. The van der Waals surface area contributed by atoms with E-state index in [1.165, 1.54) is 0 Å². The summed E-state index contributed by atoms with van der Waals surface area (Å²) in [5.41, 5.74) is 1.75. The molecule has 0 saturated heterocycles. The van der Waals surface area contributed by atoms with Crippen LogP contribution in [0.15, 0.2) is 12.4 Å². The zero-order valence-electron chi connectivity index (χ0n) is 7.82. The molecule has 2 heterocycles. The summed E-state index contributed by atoms with van der Waals surface area (Å²) in [4.78, 5) is 17.7. The van der Waals surface area contributed by atoms with Crippen molar-refractivity contribution in [2.75, 3.05) is 0 Å². The molecule has 5 nitrogen and oxygen atoms in total. The highest BCUT2D eigenvalue weighted by molar-refractivity contribution is 5.69. The molecular weight excluding hydrogens is 182 g/mol. The molecule has 0 aliphatic heterocycles. The monoisotopic (exact) mass is 193 g/mol. The topological polar surface area (TPSA) is 70.4 Å². The Morgan fingerprint density at radius 2 is 2.50 bits per heavy atom. The maximum atomic E-state index is 10.5. The van der Waals surface area contributed by atoms with Gasteiger partial charge in [-0.15, -0.1) is 0 Å². The van der Waals surface area contributed by atoms with Gasteiger partial charge in [0.05, 0.1) is 18.3 Å². The van der Waals surface area contributed by atoms with E-state index in [4.69, 9.17) is 5.11 Å². The number of nitrogens with zero attached hydrogens (tertiary/aromatic N) is 2. The fourth-order valence-electron chi connectivity index (χ4n) is 1.43. The zero-order chi connectivity index (χ0) is 10.1. The Kier molecular flexibility index (Phi) is 1.99. The van der Waals surface area contributed by atoms with Gasteiger partial charge in [-0.05, 0) is 6.42 Å². The summed E-state index contributed by atoms with van der Waals surface area (Å²) in [5, 5.41) is 8.66. The Balaban J connectivity index is 2.44. The largest absolute Gasteiger partial charge is 0.481 e. The van der Waals surface area contributed by atoms with Crippen LogP contribution in [0.25, 0.3) is 5.78 Å². The standard InChI is InChI=1S/C9H11N3O2/c1-2-6-5-12-7(3-8(13)14)4-10-9(12)11-6/h4-5H,2-3H2,1H3,(H,10,11)(H,13,14). The number of hydrogen-bond donors (Lipinski definition) is 2. The fourth-order valence-corrected chi connectivity index (χ4v) is 1.43. The second kappa shape index (κ2) is 3.17. The van der Waals surface area contributed by atoms with Gasteiger partial charge in [0.15, 0.2) is 0 Å². The van der Waals surface area contributed by atoms with Crippen LogP contribution in [0.2, 0.25) is 0 Å². The van der Waals surface area contributed by atoms with Gasteiger partial charge >= 0.3 is 5.97 Å². The molecule has 74 valence electrons. The first-order valence-corrected chi connectivity index (χ1v) is 4.46. The molecule has 0 radical (unpaired) electrons. The average Bonchev–Trinajstić information content (AvgIpc) is 2.66. The van der Waals surface area contributed by atoms with E-state index in [2.05, 4.69) is 9.97 Å². The number of aryl methyl sites for hydroxylation is 1. The Morgan fingerprint density at radius 3 is 3.14 bits per heavy atom. The minimum atomic E-state index is -0.842. The molecule has 0 aliphatic carbocycles. The second-order valence-corrected chi connectivity index (χ2v) is 3.15. The van der Waals surface area contributed by atoms with Crippen molar-refractivity contribution < 1.29 is 9.90 Å². The van der Waals surface area contributed by atoms with Gasteiger partial charge in [0.2, 0.25) is 5.78 Å². The maximum Gasteiger partial charge on any atom is 0.309 e. The Hall–Kier alpha value is -1.78. The lowest BCUT2D eigenvalue weighted by molar-refractivity contribution is -0.136. The smallest absolute Gasteiger partial charge is 0.309 e. The van der Waals surface area contributed by atoms with Crippen molar-refractivity contribution in [1.29, 1.82) is 0 Å². The van der Waals surface area contributed by atoms with Crippen LogP contribution in [0.1, 0.15) is 18.3 Å². The lowest BCUT2D eigenvalue weighted by Gasteiger charge is -1.92. The number of aromatic nitrogens is 3. The molecule has 2 aromatic heterocycles. The second-order valence-electron chi connectivity index (χ2n) is 3.15. The van der Waals surface area contributed by atoms with Crippen LogP contribution >= 0.6 is 0 Å². The zero-order valence-corrected chi connectivity index (χ0v) is 7.82. The van der Waals surface area contributed by atoms with Crippen LogP contribution in [-0.2, 0) is 17.6 Å². The van der Waals surface area contributed by atoms with Crippen LogP contribution in [0, 0.1) is 0 Å². The third kappa shape index (κ3) is 1.37. The van der Waals surface area contributed by atoms with Gasteiger partial charge < -0.3 is 10.1 Å². The summed E-state index contributed by atoms with van der Waals surface area (Å²) in [5.74, 6) is -0.135. The van der Waals surface area contributed by atoms with E-state index in [1.54, 1.807) is 10.6 Å². The first-order chi connectivity index (χ1) is 6.70. The van der Waals surface area contributed by atoms with Crippen LogP contribution < -0.4 is 0 Å².